The lowest BCUT2D eigenvalue weighted by atomic mass is 10.1. The van der Waals surface area contributed by atoms with Crippen LogP contribution in [0.3, 0.4) is 0 Å². The molecular weight excluding hydrogens is 224 g/mol. The molecule has 18 heavy (non-hydrogen) atoms. The lowest BCUT2D eigenvalue weighted by molar-refractivity contribution is -0.0734. The molecule has 3 rings (SSSR count). The van der Waals surface area contributed by atoms with Gasteiger partial charge in [-0.15, -0.1) is 0 Å². The number of nitrogens with zero attached hydrogens (tertiary/aromatic N) is 4. The zero-order chi connectivity index (χ0) is 12.4. The fraction of sp³-hybridized carbons (Fsp3) is 1.00. The molecule has 1 atom stereocenters. The second kappa shape index (κ2) is 5.87. The van der Waals surface area contributed by atoms with Crippen molar-refractivity contribution in [1.82, 2.24) is 19.8 Å². The van der Waals surface area contributed by atoms with E-state index in [0.717, 1.165) is 6.04 Å². The van der Waals surface area contributed by atoms with E-state index in [1.54, 1.807) is 0 Å². The van der Waals surface area contributed by atoms with Crippen LogP contribution < -0.4 is 0 Å². The fourth-order valence-electron chi connectivity index (χ4n) is 3.73. The maximum atomic E-state index is 2.73. The summed E-state index contributed by atoms with van der Waals surface area (Å²) < 4.78 is 0. The molecule has 3 fully saturated rings. The number of piperidine rings is 1. The van der Waals surface area contributed by atoms with Crippen LogP contribution in [-0.4, -0.2) is 85.3 Å². The van der Waals surface area contributed by atoms with E-state index in [9.17, 15) is 0 Å². The summed E-state index contributed by atoms with van der Waals surface area (Å²) in [5, 5.41) is 5.23. The molecule has 0 amide bonds. The first kappa shape index (κ1) is 12.9. The van der Waals surface area contributed by atoms with Crippen molar-refractivity contribution in [3.8, 4) is 0 Å². The molecule has 0 aromatic carbocycles. The van der Waals surface area contributed by atoms with E-state index in [4.69, 9.17) is 0 Å². The molecule has 0 unspecified atom stereocenters. The van der Waals surface area contributed by atoms with Crippen LogP contribution in [0.25, 0.3) is 0 Å². The number of hydrazine groups is 1. The number of hydrogen-bond acceptors (Lipinski definition) is 4. The quantitative estimate of drug-likeness (QED) is 0.717. The van der Waals surface area contributed by atoms with Crippen LogP contribution >= 0.6 is 0 Å². The average molecular weight is 252 g/mol. The third-order valence-corrected chi connectivity index (χ3v) is 4.91. The molecule has 3 heterocycles. The maximum Gasteiger partial charge on any atom is 0.0261 e. The van der Waals surface area contributed by atoms with Gasteiger partial charge in [-0.05, 0) is 32.9 Å². The van der Waals surface area contributed by atoms with E-state index >= 15 is 0 Å². The van der Waals surface area contributed by atoms with Gasteiger partial charge in [0, 0.05) is 51.9 Å². The normalized spacial score (nSPS) is 34.2. The third kappa shape index (κ3) is 2.87. The summed E-state index contributed by atoms with van der Waals surface area (Å²) in [6.07, 6.45) is 5.60. The van der Waals surface area contributed by atoms with Crippen molar-refractivity contribution in [1.29, 1.82) is 0 Å². The van der Waals surface area contributed by atoms with Gasteiger partial charge in [0.2, 0.25) is 0 Å². The smallest absolute Gasteiger partial charge is 0.0261 e. The zero-order valence-corrected chi connectivity index (χ0v) is 11.9. The van der Waals surface area contributed by atoms with E-state index in [1.807, 2.05) is 0 Å². The van der Waals surface area contributed by atoms with Crippen molar-refractivity contribution in [2.24, 2.45) is 0 Å². The van der Waals surface area contributed by atoms with Crippen molar-refractivity contribution < 1.29 is 0 Å². The SMILES string of the molecule is CN1CC[C@@H](N2CCN(N3CCCCC3)CC2)C1. The van der Waals surface area contributed by atoms with E-state index in [0.29, 0.717) is 0 Å². The second-order valence-electron chi connectivity index (χ2n) is 6.21. The monoisotopic (exact) mass is 252 g/mol. The lowest BCUT2D eigenvalue weighted by Gasteiger charge is -2.44. The molecule has 4 nitrogen and oxygen atoms in total. The van der Waals surface area contributed by atoms with Crippen molar-refractivity contribution in [3.05, 3.63) is 0 Å². The van der Waals surface area contributed by atoms with Crippen molar-refractivity contribution in [3.63, 3.8) is 0 Å². The zero-order valence-electron chi connectivity index (χ0n) is 11.9. The minimum atomic E-state index is 0.832. The average Bonchev–Trinajstić information content (AvgIpc) is 2.87. The van der Waals surface area contributed by atoms with Crippen molar-refractivity contribution in [2.75, 3.05) is 59.4 Å². The highest BCUT2D eigenvalue weighted by Crippen LogP contribution is 2.18. The first-order valence-electron chi connectivity index (χ1n) is 7.75. The molecule has 3 saturated heterocycles. The predicted octanol–water partition coefficient (Wildman–Crippen LogP) is 0.709. The highest BCUT2D eigenvalue weighted by atomic mass is 15.6. The van der Waals surface area contributed by atoms with Gasteiger partial charge in [-0.25, -0.2) is 10.0 Å². The number of likely N-dealkylation sites (N-methyl/N-ethyl adjacent to an activating group) is 1. The van der Waals surface area contributed by atoms with Crippen LogP contribution in [0.15, 0.2) is 0 Å². The lowest BCUT2D eigenvalue weighted by Crippen LogP contribution is -2.57. The van der Waals surface area contributed by atoms with Crippen LogP contribution in [0.5, 0.6) is 0 Å². The molecule has 0 radical (unpaired) electrons. The maximum absolute atomic E-state index is 2.73. The fourth-order valence-corrected chi connectivity index (χ4v) is 3.73. The number of piperazine rings is 1. The molecule has 104 valence electrons. The van der Waals surface area contributed by atoms with E-state index in [1.165, 1.54) is 78.0 Å². The molecule has 0 saturated carbocycles. The third-order valence-electron chi connectivity index (χ3n) is 4.91. The molecule has 0 bridgehead atoms. The van der Waals surface area contributed by atoms with Crippen LogP contribution in [0.4, 0.5) is 0 Å². The van der Waals surface area contributed by atoms with Crippen molar-refractivity contribution in [2.45, 2.75) is 31.7 Å². The van der Waals surface area contributed by atoms with Gasteiger partial charge >= 0.3 is 0 Å². The Hall–Kier alpha value is -0.160. The summed E-state index contributed by atoms with van der Waals surface area (Å²) in [6.45, 7) is 10.2. The first-order chi connectivity index (χ1) is 8.83. The highest BCUT2D eigenvalue weighted by Gasteiger charge is 2.30. The number of rotatable bonds is 2. The Morgan fingerprint density at radius 1 is 0.722 bits per heavy atom. The molecule has 0 N–H and O–H groups in total. The topological polar surface area (TPSA) is 13.0 Å². The Balaban J connectivity index is 1.45. The predicted molar refractivity (Wildman–Crippen MR) is 74.5 cm³/mol. The number of likely N-dealkylation sites (tertiary alicyclic amines) is 1. The first-order valence-corrected chi connectivity index (χ1v) is 7.75. The van der Waals surface area contributed by atoms with E-state index < -0.39 is 0 Å². The summed E-state index contributed by atoms with van der Waals surface area (Å²) in [4.78, 5) is 5.20. The standard InChI is InChI=1S/C14H28N4/c1-15-8-5-14(13-15)16-9-11-18(12-10-16)17-6-3-2-4-7-17/h14H,2-13H2,1H3/t14-/m1/s1. The van der Waals surface area contributed by atoms with Crippen LogP contribution in [0.1, 0.15) is 25.7 Å². The van der Waals surface area contributed by atoms with Gasteiger partial charge in [0.05, 0.1) is 0 Å². The molecule has 3 aliphatic rings. The molecular formula is C14H28N4. The molecule has 0 aromatic rings. The Bertz CT molecular complexity index is 244. The number of hydrogen-bond donors (Lipinski definition) is 0. The van der Waals surface area contributed by atoms with Gasteiger partial charge in [0.25, 0.3) is 0 Å². The Morgan fingerprint density at radius 2 is 1.39 bits per heavy atom. The summed E-state index contributed by atoms with van der Waals surface area (Å²) in [7, 11) is 2.25. The summed E-state index contributed by atoms with van der Waals surface area (Å²) in [5.74, 6) is 0. The Kier molecular flexibility index (Phi) is 4.19. The van der Waals surface area contributed by atoms with Crippen LogP contribution in [0, 0.1) is 0 Å². The highest BCUT2D eigenvalue weighted by molar-refractivity contribution is 4.85. The molecule has 4 heteroatoms. The van der Waals surface area contributed by atoms with E-state index in [2.05, 4.69) is 26.9 Å². The summed E-state index contributed by atoms with van der Waals surface area (Å²) in [5.41, 5.74) is 0. The molecule has 0 aliphatic carbocycles. The van der Waals surface area contributed by atoms with Gasteiger partial charge in [0.1, 0.15) is 0 Å². The second-order valence-corrected chi connectivity index (χ2v) is 6.21. The minimum Gasteiger partial charge on any atom is -0.305 e. The minimum absolute atomic E-state index is 0.832. The molecule has 0 aromatic heterocycles. The van der Waals surface area contributed by atoms with Crippen LogP contribution in [-0.2, 0) is 0 Å². The van der Waals surface area contributed by atoms with Gasteiger partial charge in [-0.1, -0.05) is 6.42 Å². The van der Waals surface area contributed by atoms with Crippen molar-refractivity contribution >= 4 is 0 Å². The summed E-state index contributed by atoms with van der Waals surface area (Å²) in [6, 6.07) is 0.832. The van der Waals surface area contributed by atoms with Gasteiger partial charge in [-0.3, -0.25) is 4.90 Å². The largest absolute Gasteiger partial charge is 0.305 e. The van der Waals surface area contributed by atoms with Gasteiger partial charge < -0.3 is 4.90 Å². The Morgan fingerprint density at radius 3 is 2.00 bits per heavy atom. The van der Waals surface area contributed by atoms with Gasteiger partial charge in [-0.2, -0.15) is 0 Å². The Labute approximate surface area is 111 Å². The molecule has 0 spiro atoms. The van der Waals surface area contributed by atoms with Gasteiger partial charge in [0.15, 0.2) is 0 Å². The van der Waals surface area contributed by atoms with E-state index in [-0.39, 0.29) is 0 Å². The summed E-state index contributed by atoms with van der Waals surface area (Å²) >= 11 is 0. The van der Waals surface area contributed by atoms with Crippen LogP contribution in [0.2, 0.25) is 0 Å². The molecule has 3 aliphatic heterocycles.